The SMILES string of the molecule is Fc1cc(F)cc(CN2CCC(OCC3CCCO3)CC2)c1. The Morgan fingerprint density at radius 3 is 2.45 bits per heavy atom. The molecule has 0 bridgehead atoms. The average molecular weight is 311 g/mol. The molecule has 1 aromatic rings. The standard InChI is InChI=1S/C17H23F2NO2/c18-14-8-13(9-15(19)10-14)11-20-5-3-16(4-6-20)22-12-17-2-1-7-21-17/h8-10,16-17H,1-7,11-12H2. The van der Waals surface area contributed by atoms with E-state index in [1.54, 1.807) is 0 Å². The van der Waals surface area contributed by atoms with Crippen molar-refractivity contribution in [1.82, 2.24) is 4.90 Å². The molecule has 0 saturated carbocycles. The zero-order valence-electron chi connectivity index (χ0n) is 12.8. The van der Waals surface area contributed by atoms with E-state index < -0.39 is 11.6 Å². The molecule has 0 aromatic heterocycles. The summed E-state index contributed by atoms with van der Waals surface area (Å²) in [6.07, 6.45) is 4.72. The Labute approximate surface area is 130 Å². The molecule has 1 aromatic carbocycles. The second-order valence-electron chi connectivity index (χ2n) is 6.22. The molecule has 1 atom stereocenters. The van der Waals surface area contributed by atoms with Crippen LogP contribution in [0.1, 0.15) is 31.2 Å². The van der Waals surface area contributed by atoms with Crippen LogP contribution in [0.5, 0.6) is 0 Å². The number of piperidine rings is 1. The minimum atomic E-state index is -0.509. The fourth-order valence-electron chi connectivity index (χ4n) is 3.21. The smallest absolute Gasteiger partial charge is 0.126 e. The molecule has 0 aliphatic carbocycles. The van der Waals surface area contributed by atoms with Gasteiger partial charge in [0.05, 0.1) is 18.8 Å². The number of hydrogen-bond donors (Lipinski definition) is 0. The molecular weight excluding hydrogens is 288 g/mol. The molecule has 1 unspecified atom stereocenters. The van der Waals surface area contributed by atoms with Crippen molar-refractivity contribution in [2.24, 2.45) is 0 Å². The number of likely N-dealkylation sites (tertiary alicyclic amines) is 1. The van der Waals surface area contributed by atoms with E-state index in [-0.39, 0.29) is 12.2 Å². The highest BCUT2D eigenvalue weighted by atomic mass is 19.1. The number of ether oxygens (including phenoxy) is 2. The molecule has 0 amide bonds. The maximum atomic E-state index is 13.2. The van der Waals surface area contributed by atoms with Crippen molar-refractivity contribution in [2.45, 2.75) is 44.4 Å². The summed E-state index contributed by atoms with van der Waals surface area (Å²) in [5.74, 6) is -1.02. The molecular formula is C17H23F2NO2. The van der Waals surface area contributed by atoms with E-state index in [0.717, 1.165) is 51.4 Å². The van der Waals surface area contributed by atoms with E-state index in [4.69, 9.17) is 9.47 Å². The van der Waals surface area contributed by atoms with Crippen LogP contribution >= 0.6 is 0 Å². The zero-order chi connectivity index (χ0) is 15.4. The molecule has 2 heterocycles. The van der Waals surface area contributed by atoms with Crippen LogP contribution < -0.4 is 0 Å². The van der Waals surface area contributed by atoms with Crippen molar-refractivity contribution in [3.8, 4) is 0 Å². The lowest BCUT2D eigenvalue weighted by atomic mass is 10.1. The number of hydrogen-bond acceptors (Lipinski definition) is 3. The monoisotopic (exact) mass is 311 g/mol. The number of rotatable bonds is 5. The molecule has 22 heavy (non-hydrogen) atoms. The Morgan fingerprint density at radius 2 is 1.82 bits per heavy atom. The van der Waals surface area contributed by atoms with Gasteiger partial charge in [-0.15, -0.1) is 0 Å². The van der Waals surface area contributed by atoms with Crippen LogP contribution in [0, 0.1) is 11.6 Å². The van der Waals surface area contributed by atoms with E-state index in [1.165, 1.54) is 12.1 Å². The Kier molecular flexibility index (Phi) is 5.39. The second-order valence-corrected chi connectivity index (χ2v) is 6.22. The highest BCUT2D eigenvalue weighted by Crippen LogP contribution is 2.19. The summed E-state index contributed by atoms with van der Waals surface area (Å²) in [5, 5.41) is 0. The van der Waals surface area contributed by atoms with Crippen molar-refractivity contribution >= 4 is 0 Å². The van der Waals surface area contributed by atoms with Gasteiger partial charge in [0.25, 0.3) is 0 Å². The highest BCUT2D eigenvalue weighted by Gasteiger charge is 2.22. The zero-order valence-corrected chi connectivity index (χ0v) is 12.8. The minimum absolute atomic E-state index is 0.272. The van der Waals surface area contributed by atoms with Gasteiger partial charge in [-0.3, -0.25) is 4.90 Å². The maximum absolute atomic E-state index is 13.2. The van der Waals surface area contributed by atoms with Gasteiger partial charge in [0, 0.05) is 32.3 Å². The van der Waals surface area contributed by atoms with Crippen molar-refractivity contribution in [2.75, 3.05) is 26.3 Å². The van der Waals surface area contributed by atoms with Gasteiger partial charge in [0.15, 0.2) is 0 Å². The first kappa shape index (κ1) is 15.8. The Balaban J connectivity index is 1.41. The van der Waals surface area contributed by atoms with E-state index >= 15 is 0 Å². The van der Waals surface area contributed by atoms with Gasteiger partial charge in [0.1, 0.15) is 11.6 Å². The van der Waals surface area contributed by atoms with Gasteiger partial charge in [-0.1, -0.05) is 0 Å². The number of benzene rings is 1. The third-order valence-corrected chi connectivity index (χ3v) is 4.40. The highest BCUT2D eigenvalue weighted by molar-refractivity contribution is 5.17. The lowest BCUT2D eigenvalue weighted by molar-refractivity contribution is -0.0426. The van der Waals surface area contributed by atoms with Crippen LogP contribution in [0.3, 0.4) is 0 Å². The summed E-state index contributed by atoms with van der Waals surface area (Å²) in [6, 6.07) is 3.72. The normalized spacial score (nSPS) is 24.0. The van der Waals surface area contributed by atoms with E-state index in [2.05, 4.69) is 4.90 Å². The van der Waals surface area contributed by atoms with Crippen LogP contribution in [0.2, 0.25) is 0 Å². The molecule has 2 aliphatic heterocycles. The molecule has 3 nitrogen and oxygen atoms in total. The molecule has 122 valence electrons. The summed E-state index contributed by atoms with van der Waals surface area (Å²) in [4.78, 5) is 2.22. The van der Waals surface area contributed by atoms with Gasteiger partial charge >= 0.3 is 0 Å². The summed E-state index contributed by atoms with van der Waals surface area (Å²) in [6.45, 7) is 3.94. The van der Waals surface area contributed by atoms with Crippen molar-refractivity contribution in [3.05, 3.63) is 35.4 Å². The molecule has 0 radical (unpaired) electrons. The quantitative estimate of drug-likeness (QED) is 0.834. The molecule has 5 heteroatoms. The summed E-state index contributed by atoms with van der Waals surface area (Å²) >= 11 is 0. The van der Waals surface area contributed by atoms with Gasteiger partial charge in [-0.25, -0.2) is 8.78 Å². The Bertz CT molecular complexity index is 463. The van der Waals surface area contributed by atoms with Gasteiger partial charge < -0.3 is 9.47 Å². The predicted octanol–water partition coefficient (Wildman–Crippen LogP) is 3.12. The van der Waals surface area contributed by atoms with Crippen molar-refractivity contribution in [1.29, 1.82) is 0 Å². The van der Waals surface area contributed by atoms with E-state index in [9.17, 15) is 8.78 Å². The molecule has 2 fully saturated rings. The van der Waals surface area contributed by atoms with Crippen molar-refractivity contribution in [3.63, 3.8) is 0 Å². The first-order valence-corrected chi connectivity index (χ1v) is 8.09. The second kappa shape index (κ2) is 7.49. The molecule has 0 N–H and O–H groups in total. The van der Waals surface area contributed by atoms with Crippen LogP contribution in [-0.4, -0.2) is 43.4 Å². The molecule has 2 aliphatic rings. The largest absolute Gasteiger partial charge is 0.376 e. The molecule has 0 spiro atoms. The minimum Gasteiger partial charge on any atom is -0.376 e. The van der Waals surface area contributed by atoms with Crippen molar-refractivity contribution < 1.29 is 18.3 Å². The average Bonchev–Trinajstić information content (AvgIpc) is 2.99. The topological polar surface area (TPSA) is 21.7 Å². The third-order valence-electron chi connectivity index (χ3n) is 4.40. The Hall–Kier alpha value is -1.04. The first-order chi connectivity index (χ1) is 10.7. The van der Waals surface area contributed by atoms with E-state index in [0.29, 0.717) is 18.7 Å². The summed E-state index contributed by atoms with van der Waals surface area (Å²) in [5.41, 5.74) is 0.691. The third kappa shape index (κ3) is 4.48. The lowest BCUT2D eigenvalue weighted by Gasteiger charge is -2.32. The molecule has 3 rings (SSSR count). The molecule has 2 saturated heterocycles. The van der Waals surface area contributed by atoms with E-state index in [1.807, 2.05) is 0 Å². The van der Waals surface area contributed by atoms with Crippen LogP contribution in [0.25, 0.3) is 0 Å². The van der Waals surface area contributed by atoms with Gasteiger partial charge in [0.2, 0.25) is 0 Å². The van der Waals surface area contributed by atoms with Gasteiger partial charge in [-0.05, 0) is 43.4 Å². The fourth-order valence-corrected chi connectivity index (χ4v) is 3.21. The lowest BCUT2D eigenvalue weighted by Crippen LogP contribution is -2.37. The fraction of sp³-hybridized carbons (Fsp3) is 0.647. The number of halogens is 2. The van der Waals surface area contributed by atoms with Crippen LogP contribution in [0.15, 0.2) is 18.2 Å². The predicted molar refractivity (Wildman–Crippen MR) is 79.6 cm³/mol. The first-order valence-electron chi connectivity index (χ1n) is 8.09. The van der Waals surface area contributed by atoms with Crippen LogP contribution in [0.4, 0.5) is 8.78 Å². The number of nitrogens with zero attached hydrogens (tertiary/aromatic N) is 1. The maximum Gasteiger partial charge on any atom is 0.126 e. The Morgan fingerprint density at radius 1 is 1.09 bits per heavy atom. The van der Waals surface area contributed by atoms with Crippen LogP contribution in [-0.2, 0) is 16.0 Å². The summed E-state index contributed by atoms with van der Waals surface area (Å²) < 4.78 is 37.9. The summed E-state index contributed by atoms with van der Waals surface area (Å²) in [7, 11) is 0. The van der Waals surface area contributed by atoms with Gasteiger partial charge in [-0.2, -0.15) is 0 Å².